The number of ether oxygens (including phenoxy) is 1. The Labute approximate surface area is 119 Å². The lowest BCUT2D eigenvalue weighted by molar-refractivity contribution is -0.147. The van der Waals surface area contributed by atoms with Crippen molar-refractivity contribution in [3.05, 3.63) is 12.2 Å². The lowest BCUT2D eigenvalue weighted by Crippen LogP contribution is -2.50. The Hall–Kier alpha value is -1.67. The molecule has 0 aliphatic heterocycles. The molecule has 0 atom stereocenters. The van der Waals surface area contributed by atoms with Crippen molar-refractivity contribution >= 4 is 26.7 Å². The molecule has 0 amide bonds. The van der Waals surface area contributed by atoms with Crippen LogP contribution in [0.5, 0.6) is 0 Å². The molecule has 0 rings (SSSR count). The van der Waals surface area contributed by atoms with Gasteiger partial charge in [-0.1, -0.05) is 12.2 Å². The van der Waals surface area contributed by atoms with Gasteiger partial charge in [-0.25, -0.2) is 0 Å². The summed E-state index contributed by atoms with van der Waals surface area (Å²) in [5.41, 5.74) is 0.810. The first kappa shape index (κ1) is 18.3. The highest BCUT2D eigenvalue weighted by Gasteiger charge is 2.51. The number of carbonyl (C=O) groups excluding carboxylic acids is 3. The topological polar surface area (TPSA) is 88.1 Å². The van der Waals surface area contributed by atoms with Gasteiger partial charge in [-0.15, -0.1) is 0 Å². The zero-order valence-electron chi connectivity index (χ0n) is 12.2. The van der Waals surface area contributed by atoms with Crippen molar-refractivity contribution in [3.8, 4) is 0 Å². The number of hydrogen-bond donors (Lipinski definition) is 0. The summed E-state index contributed by atoms with van der Waals surface area (Å²) in [5, 5.41) is 0. The maximum absolute atomic E-state index is 11.1. The first-order chi connectivity index (χ1) is 9.17. The summed E-state index contributed by atoms with van der Waals surface area (Å²) >= 11 is 0. The minimum absolute atomic E-state index is 0.000972. The van der Waals surface area contributed by atoms with Crippen LogP contribution in [-0.4, -0.2) is 39.9 Å². The fraction of sp³-hybridized carbons (Fsp3) is 0.583. The van der Waals surface area contributed by atoms with Gasteiger partial charge in [0, 0.05) is 20.8 Å². The third-order valence-electron chi connectivity index (χ3n) is 1.80. The van der Waals surface area contributed by atoms with E-state index in [0.717, 1.165) is 26.3 Å². The van der Waals surface area contributed by atoms with E-state index >= 15 is 0 Å². The van der Waals surface area contributed by atoms with Crippen molar-refractivity contribution in [2.45, 2.75) is 33.7 Å². The molecule has 0 bridgehead atoms. The molecule has 0 aromatic rings. The molecule has 0 saturated heterocycles. The van der Waals surface area contributed by atoms with Gasteiger partial charge in [0.25, 0.3) is 17.9 Å². The van der Waals surface area contributed by atoms with E-state index in [9.17, 15) is 14.4 Å². The molecule has 8 heteroatoms. The lowest BCUT2D eigenvalue weighted by atomic mass is 10.4. The first-order valence-electron chi connectivity index (χ1n) is 5.98. The zero-order valence-corrected chi connectivity index (χ0v) is 13.2. The van der Waals surface area contributed by atoms with Crippen molar-refractivity contribution in [3.63, 3.8) is 0 Å². The first-order valence-corrected chi connectivity index (χ1v) is 7.91. The van der Waals surface area contributed by atoms with Crippen molar-refractivity contribution in [2.75, 3.05) is 13.2 Å². The van der Waals surface area contributed by atoms with Gasteiger partial charge in [-0.3, -0.25) is 14.4 Å². The number of carbonyl (C=O) groups is 3. The van der Waals surface area contributed by atoms with Crippen LogP contribution in [0, 0.1) is 0 Å². The molecular formula is C12H20O7Si. The Kier molecular flexibility index (Phi) is 7.78. The van der Waals surface area contributed by atoms with Crippen LogP contribution in [-0.2, 0) is 32.4 Å². The molecule has 0 aromatic carbocycles. The van der Waals surface area contributed by atoms with Gasteiger partial charge in [0.2, 0.25) is 0 Å². The second kappa shape index (κ2) is 8.49. The quantitative estimate of drug-likeness (QED) is 0.378. The smallest absolute Gasteiger partial charge is 0.455 e. The minimum atomic E-state index is -3.76. The summed E-state index contributed by atoms with van der Waals surface area (Å²) in [4.78, 5) is 33.4. The van der Waals surface area contributed by atoms with Crippen molar-refractivity contribution in [1.29, 1.82) is 0 Å². The van der Waals surface area contributed by atoms with Gasteiger partial charge in [0.05, 0.1) is 19.3 Å². The maximum atomic E-state index is 11.1. The Morgan fingerprint density at radius 2 is 1.30 bits per heavy atom. The van der Waals surface area contributed by atoms with Gasteiger partial charge < -0.3 is 18.0 Å². The van der Waals surface area contributed by atoms with Gasteiger partial charge in [0.15, 0.2) is 0 Å². The van der Waals surface area contributed by atoms with Crippen LogP contribution in [0.15, 0.2) is 12.2 Å². The lowest BCUT2D eigenvalue weighted by Gasteiger charge is -2.26. The van der Waals surface area contributed by atoms with Gasteiger partial charge in [-0.2, -0.15) is 0 Å². The highest BCUT2D eigenvalue weighted by Crippen LogP contribution is 2.17. The van der Waals surface area contributed by atoms with Gasteiger partial charge in [0.1, 0.15) is 0 Å². The van der Waals surface area contributed by atoms with Crippen LogP contribution >= 0.6 is 0 Å². The monoisotopic (exact) mass is 304 g/mol. The molecule has 0 fully saturated rings. The summed E-state index contributed by atoms with van der Waals surface area (Å²) in [5.74, 6) is -2.09. The van der Waals surface area contributed by atoms with Crippen LogP contribution in [0.3, 0.4) is 0 Å². The summed E-state index contributed by atoms with van der Waals surface area (Å²) in [6, 6.07) is -0.000972. The van der Waals surface area contributed by atoms with Gasteiger partial charge >= 0.3 is 8.80 Å². The predicted molar refractivity (Wildman–Crippen MR) is 71.5 cm³/mol. The molecule has 0 spiro atoms. The minimum Gasteiger partial charge on any atom is -0.455 e. The summed E-state index contributed by atoms with van der Waals surface area (Å²) < 4.78 is 20.2. The normalized spacial score (nSPS) is 10.6. The molecule has 7 nitrogen and oxygen atoms in total. The largest absolute Gasteiger partial charge is 0.707 e. The van der Waals surface area contributed by atoms with E-state index in [1.54, 1.807) is 6.92 Å². The summed E-state index contributed by atoms with van der Waals surface area (Å²) in [6.45, 7) is 9.29. The predicted octanol–water partition coefficient (Wildman–Crippen LogP) is 1.21. The molecule has 0 N–H and O–H groups in total. The highest BCUT2D eigenvalue weighted by molar-refractivity contribution is 6.65. The standard InChI is InChI=1S/C12H20O7Si/c1-9(2)8-16-6-7-20(17-10(3)13,18-11(4)14)19-12(5)15/h1,6-8H2,2-5H3. The third-order valence-corrected chi connectivity index (χ3v) is 4.41. The van der Waals surface area contributed by atoms with Crippen molar-refractivity contribution < 1.29 is 32.4 Å². The molecular weight excluding hydrogens is 284 g/mol. The Morgan fingerprint density at radius 1 is 0.900 bits per heavy atom. The van der Waals surface area contributed by atoms with E-state index in [2.05, 4.69) is 6.58 Å². The Bertz CT molecular complexity index is 350. The number of rotatable bonds is 8. The van der Waals surface area contributed by atoms with Crippen LogP contribution in [0.25, 0.3) is 0 Å². The van der Waals surface area contributed by atoms with E-state index in [1.165, 1.54) is 0 Å². The van der Waals surface area contributed by atoms with E-state index in [-0.39, 0.29) is 12.7 Å². The fourth-order valence-corrected chi connectivity index (χ4v) is 3.46. The molecule has 0 aliphatic carbocycles. The molecule has 0 aliphatic rings. The molecule has 20 heavy (non-hydrogen) atoms. The summed E-state index contributed by atoms with van der Waals surface area (Å²) in [6.07, 6.45) is 0. The van der Waals surface area contributed by atoms with E-state index in [4.69, 9.17) is 18.0 Å². The fourth-order valence-electron chi connectivity index (χ4n) is 1.32. The van der Waals surface area contributed by atoms with Crippen LogP contribution in [0.4, 0.5) is 0 Å². The molecule has 0 heterocycles. The average molecular weight is 304 g/mol. The van der Waals surface area contributed by atoms with Crippen LogP contribution in [0.2, 0.25) is 6.04 Å². The van der Waals surface area contributed by atoms with E-state index in [1.807, 2.05) is 0 Å². The molecule has 0 radical (unpaired) electrons. The van der Waals surface area contributed by atoms with E-state index in [0.29, 0.717) is 6.61 Å². The third kappa shape index (κ3) is 8.43. The van der Waals surface area contributed by atoms with Crippen LogP contribution in [0.1, 0.15) is 27.7 Å². The second-order valence-electron chi connectivity index (χ2n) is 4.22. The molecule has 0 unspecified atom stereocenters. The summed E-state index contributed by atoms with van der Waals surface area (Å²) in [7, 11) is -3.76. The number of hydrogen-bond acceptors (Lipinski definition) is 7. The zero-order chi connectivity index (χ0) is 15.8. The highest BCUT2D eigenvalue weighted by atomic mass is 28.4. The van der Waals surface area contributed by atoms with Crippen molar-refractivity contribution in [1.82, 2.24) is 0 Å². The Balaban J connectivity index is 4.85. The molecule has 0 saturated carbocycles. The SMILES string of the molecule is C=C(C)COCC[Si](OC(C)=O)(OC(C)=O)OC(C)=O. The molecule has 0 aromatic heterocycles. The average Bonchev–Trinajstić information content (AvgIpc) is 2.20. The second-order valence-corrected chi connectivity index (χ2v) is 6.70. The van der Waals surface area contributed by atoms with Crippen molar-refractivity contribution in [2.24, 2.45) is 0 Å². The maximum Gasteiger partial charge on any atom is 0.707 e. The Morgan fingerprint density at radius 3 is 1.60 bits per heavy atom. The molecule has 114 valence electrons. The van der Waals surface area contributed by atoms with Crippen LogP contribution < -0.4 is 0 Å². The van der Waals surface area contributed by atoms with Gasteiger partial charge in [-0.05, 0) is 6.92 Å². The van der Waals surface area contributed by atoms with E-state index < -0.39 is 26.7 Å².